The van der Waals surface area contributed by atoms with Crippen molar-refractivity contribution < 1.29 is 4.74 Å². The number of nitrogens with one attached hydrogen (secondary N) is 1. The summed E-state index contributed by atoms with van der Waals surface area (Å²) in [6.07, 6.45) is 4.52. The van der Waals surface area contributed by atoms with Gasteiger partial charge in [-0.25, -0.2) is 9.67 Å². The van der Waals surface area contributed by atoms with Gasteiger partial charge in [0.15, 0.2) is 5.82 Å². The number of para-hydroxylation sites is 2. The molecule has 1 N–H and O–H groups in total. The number of rotatable bonds is 7. The Bertz CT molecular complexity index is 1710. The Morgan fingerprint density at radius 1 is 1.11 bits per heavy atom. The molecule has 0 spiro atoms. The lowest BCUT2D eigenvalue weighted by Crippen LogP contribution is -2.11. The molecule has 3 aromatic carbocycles. The van der Waals surface area contributed by atoms with Gasteiger partial charge in [-0.05, 0) is 67.4 Å². The van der Waals surface area contributed by atoms with Crippen LogP contribution in [0.25, 0.3) is 39.5 Å². The van der Waals surface area contributed by atoms with Crippen molar-refractivity contribution in [3.63, 3.8) is 0 Å². The molecule has 37 heavy (non-hydrogen) atoms. The maximum atomic E-state index is 12.6. The molecule has 7 nitrogen and oxygen atoms in total. The molecule has 0 bridgehead atoms. The molecule has 0 aliphatic carbocycles. The summed E-state index contributed by atoms with van der Waals surface area (Å²) in [5.74, 6) is 1.02. The molecule has 5 rings (SSSR count). The van der Waals surface area contributed by atoms with Gasteiger partial charge >= 0.3 is 0 Å². The monoisotopic (exact) mass is 487 g/mol. The third-order valence-electron chi connectivity index (χ3n) is 5.98. The fourth-order valence-corrected chi connectivity index (χ4v) is 4.15. The van der Waals surface area contributed by atoms with E-state index in [1.807, 2.05) is 67.7 Å². The maximum absolute atomic E-state index is 12.6. The zero-order valence-corrected chi connectivity index (χ0v) is 20.6. The summed E-state index contributed by atoms with van der Waals surface area (Å²) in [6, 6.07) is 24.9. The van der Waals surface area contributed by atoms with Gasteiger partial charge < -0.3 is 9.72 Å². The van der Waals surface area contributed by atoms with Crippen molar-refractivity contribution in [3.05, 3.63) is 106 Å². The number of allylic oxidation sites excluding steroid dienone is 1. The van der Waals surface area contributed by atoms with E-state index in [9.17, 15) is 10.1 Å². The lowest BCUT2D eigenvalue weighted by molar-refractivity contribution is 0.317. The highest BCUT2D eigenvalue weighted by Gasteiger charge is 2.16. The smallest absolute Gasteiger partial charge is 0.259 e. The Kier molecular flexibility index (Phi) is 6.64. The third kappa shape index (κ3) is 4.91. The number of hydrogen-bond donors (Lipinski definition) is 1. The number of aryl methyl sites for hydroxylation is 1. The first-order valence-corrected chi connectivity index (χ1v) is 12.1. The molecule has 5 aromatic rings. The van der Waals surface area contributed by atoms with E-state index < -0.39 is 0 Å². The first kappa shape index (κ1) is 23.8. The van der Waals surface area contributed by atoms with Crippen LogP contribution >= 0.6 is 0 Å². The van der Waals surface area contributed by atoms with Crippen LogP contribution in [0.5, 0.6) is 5.75 Å². The average Bonchev–Trinajstić information content (AvgIpc) is 3.34. The lowest BCUT2D eigenvalue weighted by atomic mass is 10.0. The number of hydrogen-bond acceptors (Lipinski definition) is 5. The zero-order valence-electron chi connectivity index (χ0n) is 20.6. The van der Waals surface area contributed by atoms with Gasteiger partial charge in [-0.2, -0.15) is 10.4 Å². The van der Waals surface area contributed by atoms with E-state index in [0.717, 1.165) is 34.5 Å². The molecule has 0 unspecified atom stereocenters. The molecule has 7 heteroatoms. The van der Waals surface area contributed by atoms with E-state index in [0.29, 0.717) is 23.2 Å². The predicted octanol–water partition coefficient (Wildman–Crippen LogP) is 5.94. The summed E-state index contributed by atoms with van der Waals surface area (Å²) in [5.41, 5.74) is 4.71. The van der Waals surface area contributed by atoms with Gasteiger partial charge in [0.25, 0.3) is 5.56 Å². The topological polar surface area (TPSA) is 96.6 Å². The van der Waals surface area contributed by atoms with E-state index in [4.69, 9.17) is 9.84 Å². The Labute approximate surface area is 214 Å². The summed E-state index contributed by atoms with van der Waals surface area (Å²) in [4.78, 5) is 19.9. The minimum Gasteiger partial charge on any atom is -0.494 e. The minimum absolute atomic E-state index is 0.213. The summed E-state index contributed by atoms with van der Waals surface area (Å²) in [5, 5.41) is 15.4. The number of aromatic amines is 1. The predicted molar refractivity (Wildman–Crippen MR) is 145 cm³/mol. The van der Waals surface area contributed by atoms with E-state index in [1.54, 1.807) is 29.0 Å². The van der Waals surface area contributed by atoms with Gasteiger partial charge in [-0.3, -0.25) is 4.79 Å². The molecule has 2 aromatic heterocycles. The molecule has 0 amide bonds. The molecular formula is C30H25N5O2. The van der Waals surface area contributed by atoms with Crippen molar-refractivity contribution >= 4 is 22.6 Å². The number of benzene rings is 3. The van der Waals surface area contributed by atoms with Crippen molar-refractivity contribution in [3.8, 4) is 28.8 Å². The van der Waals surface area contributed by atoms with Gasteiger partial charge in [0.05, 0.1) is 28.8 Å². The summed E-state index contributed by atoms with van der Waals surface area (Å²) in [6.45, 7) is 4.73. The number of nitriles is 1. The lowest BCUT2D eigenvalue weighted by Gasteiger charge is -2.09. The molecule has 0 atom stereocenters. The second-order valence-electron chi connectivity index (χ2n) is 8.64. The molecule has 0 saturated carbocycles. The highest BCUT2D eigenvalue weighted by molar-refractivity contribution is 5.92. The van der Waals surface area contributed by atoms with Crippen molar-refractivity contribution in [2.24, 2.45) is 0 Å². The molecular weight excluding hydrogens is 462 g/mol. The Morgan fingerprint density at radius 3 is 2.65 bits per heavy atom. The van der Waals surface area contributed by atoms with Crippen LogP contribution < -0.4 is 10.3 Å². The fraction of sp³-hybridized carbons (Fsp3) is 0.133. The van der Waals surface area contributed by atoms with E-state index >= 15 is 0 Å². The quantitative estimate of drug-likeness (QED) is 0.287. The standard InChI is InChI=1S/C30H25N5O2/c1-3-15-37-24-13-14-25(20(2)16-24)28-22(19-35(34-28)23-9-5-4-6-10-23)17-21(18-31)29-32-27-12-8-7-11-26(27)30(36)33-29/h4-14,16-17,19H,3,15H2,1-2H3,(H,32,33,36). The first-order valence-electron chi connectivity index (χ1n) is 12.1. The number of ether oxygens (including phenoxy) is 1. The molecule has 0 aliphatic rings. The van der Waals surface area contributed by atoms with Gasteiger partial charge in [-0.1, -0.05) is 37.3 Å². The van der Waals surface area contributed by atoms with Crippen LogP contribution in [0.2, 0.25) is 0 Å². The van der Waals surface area contributed by atoms with Crippen LogP contribution in [0.4, 0.5) is 0 Å². The highest BCUT2D eigenvalue weighted by atomic mass is 16.5. The summed E-state index contributed by atoms with van der Waals surface area (Å²) in [7, 11) is 0. The Morgan fingerprint density at radius 2 is 1.89 bits per heavy atom. The molecule has 2 heterocycles. The first-order chi connectivity index (χ1) is 18.1. The number of H-pyrrole nitrogens is 1. The molecule has 182 valence electrons. The van der Waals surface area contributed by atoms with Crippen LogP contribution in [0, 0.1) is 18.3 Å². The van der Waals surface area contributed by atoms with Gasteiger partial charge in [0.2, 0.25) is 0 Å². The average molecular weight is 488 g/mol. The van der Waals surface area contributed by atoms with Crippen molar-refractivity contribution in [2.45, 2.75) is 20.3 Å². The van der Waals surface area contributed by atoms with Crippen molar-refractivity contribution in [1.29, 1.82) is 5.26 Å². The van der Waals surface area contributed by atoms with Crippen LogP contribution in [0.1, 0.15) is 30.3 Å². The maximum Gasteiger partial charge on any atom is 0.259 e. The summed E-state index contributed by atoms with van der Waals surface area (Å²) >= 11 is 0. The zero-order chi connectivity index (χ0) is 25.8. The van der Waals surface area contributed by atoms with E-state index in [-0.39, 0.29) is 17.0 Å². The van der Waals surface area contributed by atoms with Crippen LogP contribution in [-0.2, 0) is 0 Å². The van der Waals surface area contributed by atoms with E-state index in [1.165, 1.54) is 0 Å². The van der Waals surface area contributed by atoms with Gasteiger partial charge in [0.1, 0.15) is 17.5 Å². The van der Waals surface area contributed by atoms with Gasteiger partial charge in [0, 0.05) is 17.3 Å². The van der Waals surface area contributed by atoms with Crippen LogP contribution in [0.15, 0.2) is 83.8 Å². The van der Waals surface area contributed by atoms with Crippen LogP contribution in [0.3, 0.4) is 0 Å². The second kappa shape index (κ2) is 10.3. The second-order valence-corrected chi connectivity index (χ2v) is 8.64. The van der Waals surface area contributed by atoms with Crippen LogP contribution in [-0.4, -0.2) is 26.4 Å². The van der Waals surface area contributed by atoms with Gasteiger partial charge in [-0.15, -0.1) is 0 Å². The minimum atomic E-state index is -0.291. The number of aromatic nitrogens is 4. The number of nitrogens with zero attached hydrogens (tertiary/aromatic N) is 4. The largest absolute Gasteiger partial charge is 0.494 e. The molecule has 0 fully saturated rings. The molecule has 0 aliphatic heterocycles. The van der Waals surface area contributed by atoms with Crippen molar-refractivity contribution in [1.82, 2.24) is 19.7 Å². The third-order valence-corrected chi connectivity index (χ3v) is 5.98. The Balaban J connectivity index is 1.66. The fourth-order valence-electron chi connectivity index (χ4n) is 4.15. The van der Waals surface area contributed by atoms with E-state index in [2.05, 4.69) is 23.0 Å². The highest BCUT2D eigenvalue weighted by Crippen LogP contribution is 2.31. The van der Waals surface area contributed by atoms with Crippen molar-refractivity contribution in [2.75, 3.05) is 6.61 Å². The normalized spacial score (nSPS) is 11.4. The Hall–Kier alpha value is -4.96. The molecule has 0 radical (unpaired) electrons. The molecule has 0 saturated heterocycles. The summed E-state index contributed by atoms with van der Waals surface area (Å²) < 4.78 is 7.58. The SMILES string of the molecule is CCCOc1ccc(-c2nn(-c3ccccc3)cc2C=C(C#N)c2nc3ccccc3c(=O)[nH]2)c(C)c1. The number of fused-ring (bicyclic) bond motifs is 1.